The van der Waals surface area contributed by atoms with Crippen molar-refractivity contribution in [1.29, 1.82) is 0 Å². The fraction of sp³-hybridized carbons (Fsp3) is 0.444. The minimum Gasteiger partial charge on any atom is -0.452 e. The van der Waals surface area contributed by atoms with Crippen molar-refractivity contribution in [3.05, 3.63) is 58.1 Å². The highest BCUT2D eigenvalue weighted by molar-refractivity contribution is 6.35. The van der Waals surface area contributed by atoms with Crippen LogP contribution in [-0.4, -0.2) is 24.4 Å². The summed E-state index contributed by atoms with van der Waals surface area (Å²) in [5.41, 5.74) is 1.08. The van der Waals surface area contributed by atoms with Gasteiger partial charge in [-0.3, -0.25) is 9.59 Å². The van der Waals surface area contributed by atoms with E-state index in [0.717, 1.165) is 19.3 Å². The minimum atomic E-state index is -0.674. The van der Waals surface area contributed by atoms with Gasteiger partial charge < -0.3 is 15.4 Å². The Hall–Kier alpha value is -2.57. The number of halogens is 2. The molecule has 2 rings (SSSR count). The first-order chi connectivity index (χ1) is 16.9. The molecule has 6 nitrogen and oxygen atoms in total. The van der Waals surface area contributed by atoms with Gasteiger partial charge in [-0.1, -0.05) is 87.6 Å². The quantitative estimate of drug-likeness (QED) is 0.186. The highest BCUT2D eigenvalue weighted by atomic mass is 35.5. The fourth-order valence-corrected chi connectivity index (χ4v) is 3.87. The predicted molar refractivity (Wildman–Crippen MR) is 142 cm³/mol. The summed E-state index contributed by atoms with van der Waals surface area (Å²) in [6.45, 7) is 1.73. The monoisotopic (exact) mass is 520 g/mol. The number of amides is 2. The minimum absolute atomic E-state index is 0.0868. The number of unbranched alkanes of at least 4 members (excludes halogenated alkanes) is 8. The Morgan fingerprint density at radius 1 is 0.800 bits per heavy atom. The van der Waals surface area contributed by atoms with Gasteiger partial charge in [-0.15, -0.1) is 0 Å². The van der Waals surface area contributed by atoms with Gasteiger partial charge in [-0.2, -0.15) is 0 Å². The van der Waals surface area contributed by atoms with Gasteiger partial charge in [0, 0.05) is 17.1 Å². The van der Waals surface area contributed by atoms with Crippen molar-refractivity contribution in [2.75, 3.05) is 17.2 Å². The molecule has 0 atom stereocenters. The van der Waals surface area contributed by atoms with Gasteiger partial charge in [-0.05, 0) is 42.8 Å². The van der Waals surface area contributed by atoms with Gasteiger partial charge in [0.25, 0.3) is 5.91 Å². The Bertz CT molecular complexity index is 981. The molecule has 0 saturated carbocycles. The van der Waals surface area contributed by atoms with E-state index in [2.05, 4.69) is 17.6 Å². The Labute approximate surface area is 217 Å². The number of carbonyl (C=O) groups excluding carboxylic acids is 3. The first-order valence-electron chi connectivity index (χ1n) is 12.2. The van der Waals surface area contributed by atoms with Crippen LogP contribution in [0.2, 0.25) is 10.0 Å². The summed E-state index contributed by atoms with van der Waals surface area (Å²) in [6.07, 6.45) is 11.2. The van der Waals surface area contributed by atoms with E-state index in [1.165, 1.54) is 50.7 Å². The lowest BCUT2D eigenvalue weighted by Gasteiger charge is -2.10. The highest BCUT2D eigenvalue weighted by Gasteiger charge is 2.13. The maximum Gasteiger partial charge on any atom is 0.338 e. The Balaban J connectivity index is 1.70. The van der Waals surface area contributed by atoms with Crippen LogP contribution in [0.25, 0.3) is 0 Å². The molecule has 8 heteroatoms. The van der Waals surface area contributed by atoms with Crippen LogP contribution in [0.4, 0.5) is 11.4 Å². The lowest BCUT2D eigenvalue weighted by atomic mass is 10.1. The lowest BCUT2D eigenvalue weighted by molar-refractivity contribution is -0.119. The van der Waals surface area contributed by atoms with E-state index in [0.29, 0.717) is 27.8 Å². The van der Waals surface area contributed by atoms with E-state index < -0.39 is 18.5 Å². The third-order valence-electron chi connectivity index (χ3n) is 5.43. The van der Waals surface area contributed by atoms with Gasteiger partial charge >= 0.3 is 5.97 Å². The first kappa shape index (κ1) is 28.7. The van der Waals surface area contributed by atoms with Gasteiger partial charge in [0.05, 0.1) is 16.3 Å². The second kappa shape index (κ2) is 16.2. The number of benzene rings is 2. The summed E-state index contributed by atoms with van der Waals surface area (Å²) in [4.78, 5) is 36.7. The van der Waals surface area contributed by atoms with Crippen LogP contribution in [0.3, 0.4) is 0 Å². The number of hydrogen-bond donors (Lipinski definition) is 2. The summed E-state index contributed by atoms with van der Waals surface area (Å²) >= 11 is 11.9. The van der Waals surface area contributed by atoms with Gasteiger partial charge in [-0.25, -0.2) is 4.79 Å². The molecule has 0 heterocycles. The number of anilines is 2. The molecule has 0 aliphatic carbocycles. The molecule has 0 spiro atoms. The molecule has 0 aromatic heterocycles. The van der Waals surface area contributed by atoms with Crippen LogP contribution in [0.1, 0.15) is 81.5 Å². The Kier molecular flexibility index (Phi) is 13.2. The number of carbonyl (C=O) groups is 3. The van der Waals surface area contributed by atoms with E-state index in [4.69, 9.17) is 27.9 Å². The molecule has 0 bridgehead atoms. The first-order valence-corrected chi connectivity index (χ1v) is 13.0. The van der Waals surface area contributed by atoms with Crippen LogP contribution in [-0.2, 0) is 14.3 Å². The van der Waals surface area contributed by atoms with E-state index in [9.17, 15) is 14.4 Å². The Morgan fingerprint density at radius 2 is 1.49 bits per heavy atom. The summed E-state index contributed by atoms with van der Waals surface area (Å²) < 4.78 is 5.09. The zero-order valence-electron chi connectivity index (χ0n) is 20.2. The van der Waals surface area contributed by atoms with E-state index in [1.807, 2.05) is 0 Å². The average molecular weight is 521 g/mol. The normalized spacial score (nSPS) is 10.6. The molecule has 35 heavy (non-hydrogen) atoms. The average Bonchev–Trinajstić information content (AvgIpc) is 2.84. The van der Waals surface area contributed by atoms with Crippen molar-refractivity contribution in [3.8, 4) is 0 Å². The van der Waals surface area contributed by atoms with Crippen molar-refractivity contribution in [2.45, 2.75) is 71.1 Å². The molecular weight excluding hydrogens is 487 g/mol. The largest absolute Gasteiger partial charge is 0.452 e. The maximum absolute atomic E-state index is 12.4. The third-order valence-corrected chi connectivity index (χ3v) is 5.99. The molecule has 0 fully saturated rings. The van der Waals surface area contributed by atoms with Crippen LogP contribution in [0.5, 0.6) is 0 Å². The standard InChI is InChI=1S/C27H34Cl2N2O4/c1-2-3-4-5-6-7-8-9-10-14-25(32)30-22-13-11-12-20(17-22)27(34)35-19-26(33)31-24-18-21(28)15-16-23(24)29/h11-13,15-18H,2-10,14,19H2,1H3,(H,30,32)(H,31,33). The van der Waals surface area contributed by atoms with Gasteiger partial charge in [0.2, 0.25) is 5.91 Å². The molecule has 0 saturated heterocycles. The summed E-state index contributed by atoms with van der Waals surface area (Å²) in [6, 6.07) is 11.1. The number of hydrogen-bond acceptors (Lipinski definition) is 4. The number of ether oxygens (including phenoxy) is 1. The second-order valence-corrected chi connectivity index (χ2v) is 9.30. The fourth-order valence-electron chi connectivity index (χ4n) is 3.54. The molecule has 2 amide bonds. The summed E-state index contributed by atoms with van der Waals surface area (Å²) in [5.74, 6) is -1.31. The molecule has 0 unspecified atom stereocenters. The molecule has 2 aromatic rings. The van der Waals surface area contributed by atoms with E-state index >= 15 is 0 Å². The van der Waals surface area contributed by atoms with E-state index in [-0.39, 0.29) is 11.5 Å². The topological polar surface area (TPSA) is 84.5 Å². The Morgan fingerprint density at radius 3 is 2.20 bits per heavy atom. The molecule has 2 aromatic carbocycles. The molecule has 190 valence electrons. The van der Waals surface area contributed by atoms with Crippen molar-refractivity contribution >= 4 is 52.4 Å². The second-order valence-electron chi connectivity index (χ2n) is 8.46. The van der Waals surface area contributed by atoms with Crippen molar-refractivity contribution in [2.24, 2.45) is 0 Å². The maximum atomic E-state index is 12.4. The van der Waals surface area contributed by atoms with Crippen LogP contribution >= 0.6 is 23.2 Å². The number of rotatable bonds is 15. The molecule has 0 aliphatic rings. The molecule has 0 aliphatic heterocycles. The number of esters is 1. The molecule has 0 radical (unpaired) electrons. The van der Waals surface area contributed by atoms with Gasteiger partial charge in [0.15, 0.2) is 6.61 Å². The van der Waals surface area contributed by atoms with Crippen molar-refractivity contribution in [3.63, 3.8) is 0 Å². The lowest BCUT2D eigenvalue weighted by Crippen LogP contribution is -2.21. The predicted octanol–water partition coefficient (Wildman–Crippen LogP) is 7.65. The highest BCUT2D eigenvalue weighted by Crippen LogP contribution is 2.25. The van der Waals surface area contributed by atoms with E-state index in [1.54, 1.807) is 30.3 Å². The van der Waals surface area contributed by atoms with Gasteiger partial charge in [0.1, 0.15) is 0 Å². The SMILES string of the molecule is CCCCCCCCCCCC(=O)Nc1cccc(C(=O)OCC(=O)Nc2cc(Cl)ccc2Cl)c1. The third kappa shape index (κ3) is 11.6. The zero-order valence-corrected chi connectivity index (χ0v) is 21.7. The van der Waals surface area contributed by atoms with Crippen LogP contribution in [0, 0.1) is 0 Å². The zero-order chi connectivity index (χ0) is 25.5. The smallest absolute Gasteiger partial charge is 0.338 e. The van der Waals surface area contributed by atoms with Crippen LogP contribution in [0.15, 0.2) is 42.5 Å². The van der Waals surface area contributed by atoms with Crippen LogP contribution < -0.4 is 10.6 Å². The van der Waals surface area contributed by atoms with Crippen molar-refractivity contribution in [1.82, 2.24) is 0 Å². The molecule has 2 N–H and O–H groups in total. The van der Waals surface area contributed by atoms with Crippen molar-refractivity contribution < 1.29 is 19.1 Å². The number of nitrogens with one attached hydrogen (secondary N) is 2. The molecular formula is C27H34Cl2N2O4. The summed E-state index contributed by atoms with van der Waals surface area (Å²) in [7, 11) is 0. The summed E-state index contributed by atoms with van der Waals surface area (Å²) in [5, 5.41) is 6.10.